The fourth-order valence-electron chi connectivity index (χ4n) is 3.82. The van der Waals surface area contributed by atoms with Gasteiger partial charge in [-0.1, -0.05) is 12.1 Å². The van der Waals surface area contributed by atoms with Gasteiger partial charge in [0.1, 0.15) is 5.56 Å². The number of nitrogens with zero attached hydrogens (tertiary/aromatic N) is 4. The Morgan fingerprint density at radius 3 is 2.43 bits per heavy atom. The molecule has 158 valence electrons. The Kier molecular flexibility index (Phi) is 5.33. The van der Waals surface area contributed by atoms with Crippen molar-refractivity contribution in [3.8, 4) is 0 Å². The lowest BCUT2D eigenvalue weighted by molar-refractivity contribution is 0.0951. The zero-order valence-electron chi connectivity index (χ0n) is 17.3. The number of carbonyl (C=O) groups is 1. The normalized spacial score (nSPS) is 15.0. The Bertz CT molecular complexity index is 1210. The van der Waals surface area contributed by atoms with Gasteiger partial charge < -0.3 is 5.32 Å². The van der Waals surface area contributed by atoms with E-state index in [0.717, 1.165) is 29.8 Å². The maximum absolute atomic E-state index is 12.8. The van der Waals surface area contributed by atoms with Crippen LogP contribution in [0, 0.1) is 20.8 Å². The molecule has 4 rings (SSSR count). The van der Waals surface area contributed by atoms with E-state index in [1.807, 2.05) is 19.9 Å². The van der Waals surface area contributed by atoms with Crippen molar-refractivity contribution in [2.24, 2.45) is 0 Å². The number of rotatable bonds is 5. The second kappa shape index (κ2) is 7.81. The summed E-state index contributed by atoms with van der Waals surface area (Å²) in [5, 5.41) is 7.32. The van der Waals surface area contributed by atoms with E-state index >= 15 is 0 Å². The van der Waals surface area contributed by atoms with E-state index in [9.17, 15) is 13.2 Å². The molecular weight excluding hydrogens is 402 g/mol. The van der Waals surface area contributed by atoms with Crippen LogP contribution in [0.5, 0.6) is 0 Å². The predicted molar refractivity (Wildman–Crippen MR) is 113 cm³/mol. The van der Waals surface area contributed by atoms with Crippen molar-refractivity contribution in [2.45, 2.75) is 45.1 Å². The average molecular weight is 428 g/mol. The number of aromatic nitrogens is 3. The topological polar surface area (TPSA) is 96.7 Å². The fraction of sp³-hybridized carbons (Fsp3) is 0.381. The predicted octanol–water partition coefficient (Wildman–Crippen LogP) is 2.37. The van der Waals surface area contributed by atoms with Crippen LogP contribution in [0.15, 0.2) is 35.2 Å². The number of benzene rings is 1. The van der Waals surface area contributed by atoms with Crippen LogP contribution in [-0.4, -0.2) is 46.3 Å². The molecule has 3 aromatic rings. The third-order valence-corrected chi connectivity index (χ3v) is 7.29. The fourth-order valence-corrected chi connectivity index (χ4v) is 5.34. The van der Waals surface area contributed by atoms with Crippen LogP contribution in [0.4, 0.5) is 0 Å². The third kappa shape index (κ3) is 3.70. The summed E-state index contributed by atoms with van der Waals surface area (Å²) in [5.41, 5.74) is 4.15. The van der Waals surface area contributed by atoms with Gasteiger partial charge >= 0.3 is 0 Å². The maximum atomic E-state index is 12.8. The van der Waals surface area contributed by atoms with E-state index in [1.165, 1.54) is 4.31 Å². The molecule has 1 aliphatic heterocycles. The van der Waals surface area contributed by atoms with Gasteiger partial charge in [0, 0.05) is 31.0 Å². The summed E-state index contributed by atoms with van der Waals surface area (Å²) >= 11 is 0. The van der Waals surface area contributed by atoms with Crippen molar-refractivity contribution in [1.82, 2.24) is 24.2 Å². The number of hydrogen-bond acceptors (Lipinski definition) is 5. The van der Waals surface area contributed by atoms with Crippen LogP contribution in [0.2, 0.25) is 0 Å². The number of hydrogen-bond donors (Lipinski definition) is 1. The van der Waals surface area contributed by atoms with E-state index in [0.29, 0.717) is 30.0 Å². The SMILES string of the molecule is Cc1cc(C)n2nc(C)c(C(=O)NCc3ccc(S(=O)(=O)N4CCCC4)cc3)c2n1. The number of nitrogens with one attached hydrogen (secondary N) is 1. The second-order valence-electron chi connectivity index (χ2n) is 7.67. The standard InChI is InChI=1S/C21H25N5O3S/c1-14-12-15(2)26-20(23-14)19(16(3)24-26)21(27)22-13-17-6-8-18(9-7-17)30(28,29)25-10-4-5-11-25/h6-9,12H,4-5,10-11,13H2,1-3H3,(H,22,27). The highest BCUT2D eigenvalue weighted by atomic mass is 32.2. The van der Waals surface area contributed by atoms with Crippen molar-refractivity contribution in [2.75, 3.05) is 13.1 Å². The van der Waals surface area contributed by atoms with E-state index in [4.69, 9.17) is 0 Å². The lowest BCUT2D eigenvalue weighted by atomic mass is 10.2. The third-order valence-electron chi connectivity index (χ3n) is 5.38. The molecule has 1 aromatic carbocycles. The molecule has 0 bridgehead atoms. The Balaban J connectivity index is 1.50. The summed E-state index contributed by atoms with van der Waals surface area (Å²) in [6, 6.07) is 8.59. The van der Waals surface area contributed by atoms with Crippen LogP contribution in [0.3, 0.4) is 0 Å². The minimum atomic E-state index is -3.43. The molecule has 3 heterocycles. The summed E-state index contributed by atoms with van der Waals surface area (Å²) in [7, 11) is -3.43. The zero-order valence-corrected chi connectivity index (χ0v) is 18.2. The number of amides is 1. The van der Waals surface area contributed by atoms with Crippen LogP contribution in [-0.2, 0) is 16.6 Å². The molecule has 0 spiro atoms. The first-order chi connectivity index (χ1) is 14.3. The Morgan fingerprint density at radius 1 is 1.10 bits per heavy atom. The molecule has 8 nitrogen and oxygen atoms in total. The number of sulfonamides is 1. The number of carbonyl (C=O) groups excluding carboxylic acids is 1. The van der Waals surface area contributed by atoms with E-state index in [-0.39, 0.29) is 17.3 Å². The molecule has 1 amide bonds. The van der Waals surface area contributed by atoms with Crippen molar-refractivity contribution in [1.29, 1.82) is 0 Å². The molecule has 1 aliphatic rings. The first-order valence-corrected chi connectivity index (χ1v) is 11.4. The van der Waals surface area contributed by atoms with E-state index < -0.39 is 10.0 Å². The highest BCUT2D eigenvalue weighted by molar-refractivity contribution is 7.89. The Morgan fingerprint density at radius 2 is 1.77 bits per heavy atom. The number of aryl methyl sites for hydroxylation is 3. The van der Waals surface area contributed by atoms with Gasteiger partial charge in [-0.05, 0) is 57.4 Å². The first kappa shape index (κ1) is 20.5. The van der Waals surface area contributed by atoms with Gasteiger partial charge in [0.2, 0.25) is 10.0 Å². The average Bonchev–Trinajstić information content (AvgIpc) is 3.35. The first-order valence-electron chi connectivity index (χ1n) is 9.98. The highest BCUT2D eigenvalue weighted by Gasteiger charge is 2.27. The molecule has 0 unspecified atom stereocenters. The smallest absolute Gasteiger partial charge is 0.257 e. The molecule has 0 aliphatic carbocycles. The molecule has 1 saturated heterocycles. The largest absolute Gasteiger partial charge is 0.348 e. The Labute approximate surface area is 176 Å². The minimum absolute atomic E-state index is 0.256. The monoisotopic (exact) mass is 427 g/mol. The maximum Gasteiger partial charge on any atom is 0.257 e. The quantitative estimate of drug-likeness (QED) is 0.674. The van der Waals surface area contributed by atoms with Gasteiger partial charge in [0.25, 0.3) is 5.91 Å². The molecule has 0 atom stereocenters. The number of fused-ring (bicyclic) bond motifs is 1. The van der Waals surface area contributed by atoms with Gasteiger partial charge in [-0.2, -0.15) is 9.40 Å². The van der Waals surface area contributed by atoms with Crippen molar-refractivity contribution < 1.29 is 13.2 Å². The minimum Gasteiger partial charge on any atom is -0.348 e. The van der Waals surface area contributed by atoms with Gasteiger partial charge in [0.15, 0.2) is 5.65 Å². The van der Waals surface area contributed by atoms with Crippen LogP contribution in [0.1, 0.15) is 45.8 Å². The molecule has 1 fully saturated rings. The van der Waals surface area contributed by atoms with Crippen molar-refractivity contribution in [3.63, 3.8) is 0 Å². The van der Waals surface area contributed by atoms with Gasteiger partial charge in [-0.3, -0.25) is 4.79 Å². The van der Waals surface area contributed by atoms with Gasteiger partial charge in [-0.15, -0.1) is 0 Å². The van der Waals surface area contributed by atoms with Crippen molar-refractivity contribution in [3.05, 3.63) is 58.5 Å². The van der Waals surface area contributed by atoms with Gasteiger partial charge in [-0.25, -0.2) is 17.9 Å². The molecule has 9 heteroatoms. The second-order valence-corrected chi connectivity index (χ2v) is 9.61. The summed E-state index contributed by atoms with van der Waals surface area (Å²) < 4.78 is 28.4. The zero-order chi connectivity index (χ0) is 21.5. The molecular formula is C21H25N5O3S. The molecule has 1 N–H and O–H groups in total. The van der Waals surface area contributed by atoms with Gasteiger partial charge in [0.05, 0.1) is 10.6 Å². The molecule has 0 radical (unpaired) electrons. The van der Waals surface area contributed by atoms with Crippen LogP contribution < -0.4 is 5.32 Å². The van der Waals surface area contributed by atoms with Crippen molar-refractivity contribution >= 4 is 21.6 Å². The highest BCUT2D eigenvalue weighted by Crippen LogP contribution is 2.21. The van der Waals surface area contributed by atoms with Crippen LogP contribution >= 0.6 is 0 Å². The van der Waals surface area contributed by atoms with Crippen LogP contribution in [0.25, 0.3) is 5.65 Å². The molecule has 0 saturated carbocycles. The lowest BCUT2D eigenvalue weighted by Crippen LogP contribution is -2.28. The van der Waals surface area contributed by atoms with E-state index in [1.54, 1.807) is 35.7 Å². The lowest BCUT2D eigenvalue weighted by Gasteiger charge is -2.15. The summed E-state index contributed by atoms with van der Waals surface area (Å²) in [6.45, 7) is 7.03. The summed E-state index contributed by atoms with van der Waals surface area (Å²) in [5.74, 6) is -0.256. The Hall–Kier alpha value is -2.78. The molecule has 30 heavy (non-hydrogen) atoms. The summed E-state index contributed by atoms with van der Waals surface area (Å²) in [4.78, 5) is 17.6. The molecule has 2 aromatic heterocycles. The summed E-state index contributed by atoms with van der Waals surface area (Å²) in [6.07, 6.45) is 1.81. The van der Waals surface area contributed by atoms with E-state index in [2.05, 4.69) is 15.4 Å².